The van der Waals surface area contributed by atoms with Crippen molar-refractivity contribution in [2.45, 2.75) is 32.9 Å². The smallest absolute Gasteiger partial charge is 0.129 e. The Hall–Kier alpha value is -1.74. The quantitative estimate of drug-likeness (QED) is 0.918. The van der Waals surface area contributed by atoms with Crippen LogP contribution in [0.2, 0.25) is 0 Å². The number of nitrogens with zero attached hydrogens (tertiary/aromatic N) is 1. The maximum absolute atomic E-state index is 9.04. The molecule has 3 rings (SSSR count). The molecule has 2 heterocycles. The Morgan fingerprint density at radius 1 is 1.21 bits per heavy atom. The maximum atomic E-state index is 9.04. The average molecular weight is 257 g/mol. The number of furan rings is 1. The van der Waals surface area contributed by atoms with E-state index < -0.39 is 0 Å². The second kappa shape index (κ2) is 5.10. The molecule has 1 aromatic heterocycles. The summed E-state index contributed by atoms with van der Waals surface area (Å²) in [6, 6.07) is 10.4. The van der Waals surface area contributed by atoms with E-state index in [0.29, 0.717) is 5.76 Å². The van der Waals surface area contributed by atoms with E-state index in [1.165, 1.54) is 23.2 Å². The first kappa shape index (κ1) is 12.3. The van der Waals surface area contributed by atoms with Gasteiger partial charge < -0.3 is 14.4 Å². The number of rotatable bonds is 3. The number of aryl methyl sites for hydroxylation is 2. The van der Waals surface area contributed by atoms with E-state index in [-0.39, 0.29) is 6.61 Å². The molecule has 0 saturated carbocycles. The Bertz CT molecular complexity index is 574. The summed E-state index contributed by atoms with van der Waals surface area (Å²) in [5, 5.41) is 9.04. The number of anilines is 1. The first-order chi connectivity index (χ1) is 9.26. The second-order valence-electron chi connectivity index (χ2n) is 5.18. The molecular weight excluding hydrogens is 238 g/mol. The predicted molar refractivity (Wildman–Crippen MR) is 75.2 cm³/mol. The lowest BCUT2D eigenvalue weighted by molar-refractivity contribution is 0.243. The van der Waals surface area contributed by atoms with Crippen molar-refractivity contribution in [1.82, 2.24) is 0 Å². The van der Waals surface area contributed by atoms with Crippen molar-refractivity contribution in [3.05, 3.63) is 53.0 Å². The number of hydrogen-bond acceptors (Lipinski definition) is 3. The lowest BCUT2D eigenvalue weighted by atomic mass is 9.99. The molecule has 1 N–H and O–H groups in total. The van der Waals surface area contributed by atoms with Gasteiger partial charge in [0.2, 0.25) is 0 Å². The normalized spacial score (nSPS) is 14.5. The van der Waals surface area contributed by atoms with Gasteiger partial charge in [0, 0.05) is 12.2 Å². The fourth-order valence-corrected chi connectivity index (χ4v) is 2.75. The maximum Gasteiger partial charge on any atom is 0.129 e. The first-order valence-corrected chi connectivity index (χ1v) is 6.79. The van der Waals surface area contributed by atoms with Crippen LogP contribution < -0.4 is 4.90 Å². The van der Waals surface area contributed by atoms with Gasteiger partial charge in [0.15, 0.2) is 0 Å². The van der Waals surface area contributed by atoms with E-state index in [1.54, 1.807) is 0 Å². The van der Waals surface area contributed by atoms with Gasteiger partial charge in [-0.3, -0.25) is 0 Å². The van der Waals surface area contributed by atoms with E-state index in [2.05, 4.69) is 30.0 Å². The second-order valence-corrected chi connectivity index (χ2v) is 5.18. The van der Waals surface area contributed by atoms with Gasteiger partial charge in [-0.25, -0.2) is 0 Å². The summed E-state index contributed by atoms with van der Waals surface area (Å²) in [5.74, 6) is 1.55. The van der Waals surface area contributed by atoms with Crippen LogP contribution >= 0.6 is 0 Å². The Balaban J connectivity index is 1.83. The van der Waals surface area contributed by atoms with Gasteiger partial charge in [0.25, 0.3) is 0 Å². The number of aliphatic hydroxyl groups excluding tert-OH is 1. The highest BCUT2D eigenvalue weighted by Gasteiger charge is 2.18. The minimum atomic E-state index is -0.0320. The number of fused-ring (bicyclic) bond motifs is 1. The average Bonchev–Trinajstić information content (AvgIpc) is 2.86. The fourth-order valence-electron chi connectivity index (χ4n) is 2.75. The van der Waals surface area contributed by atoms with Gasteiger partial charge in [0.05, 0.1) is 6.54 Å². The zero-order chi connectivity index (χ0) is 13.2. The summed E-state index contributed by atoms with van der Waals surface area (Å²) in [6.45, 7) is 3.94. The summed E-state index contributed by atoms with van der Waals surface area (Å²) in [6.07, 6.45) is 2.34. The van der Waals surface area contributed by atoms with Crippen LogP contribution in [-0.2, 0) is 19.6 Å². The summed E-state index contributed by atoms with van der Waals surface area (Å²) < 4.78 is 5.58. The van der Waals surface area contributed by atoms with Crippen LogP contribution in [0.4, 0.5) is 5.69 Å². The van der Waals surface area contributed by atoms with Crippen molar-refractivity contribution in [2.75, 3.05) is 11.4 Å². The highest BCUT2D eigenvalue weighted by Crippen LogP contribution is 2.29. The molecule has 19 heavy (non-hydrogen) atoms. The SMILES string of the molecule is Cc1ccc2c(c1)CCCN2Cc1ccc(CO)o1. The molecule has 100 valence electrons. The van der Waals surface area contributed by atoms with Crippen LogP contribution in [0.5, 0.6) is 0 Å². The number of hydrogen-bond donors (Lipinski definition) is 1. The monoisotopic (exact) mass is 257 g/mol. The molecule has 1 aliphatic heterocycles. The van der Waals surface area contributed by atoms with E-state index in [9.17, 15) is 0 Å². The predicted octanol–water partition coefficient (Wildman–Crippen LogP) is 3.03. The molecule has 3 nitrogen and oxygen atoms in total. The molecule has 0 unspecified atom stereocenters. The van der Waals surface area contributed by atoms with Gasteiger partial charge in [-0.15, -0.1) is 0 Å². The van der Waals surface area contributed by atoms with Crippen LogP contribution in [0.25, 0.3) is 0 Å². The van der Waals surface area contributed by atoms with Crippen molar-refractivity contribution in [2.24, 2.45) is 0 Å². The van der Waals surface area contributed by atoms with E-state index >= 15 is 0 Å². The van der Waals surface area contributed by atoms with E-state index in [4.69, 9.17) is 9.52 Å². The standard InChI is InChI=1S/C16H19NO2/c1-12-4-7-16-13(9-12)3-2-8-17(16)10-14-5-6-15(11-18)19-14/h4-7,9,18H,2-3,8,10-11H2,1H3. The topological polar surface area (TPSA) is 36.6 Å². The molecule has 0 saturated heterocycles. The Kier molecular flexibility index (Phi) is 3.30. The Morgan fingerprint density at radius 3 is 2.84 bits per heavy atom. The lowest BCUT2D eigenvalue weighted by Crippen LogP contribution is -2.28. The molecular formula is C16H19NO2. The van der Waals surface area contributed by atoms with Gasteiger partial charge in [-0.2, -0.15) is 0 Å². The third kappa shape index (κ3) is 2.51. The molecule has 0 atom stereocenters. The molecule has 3 heteroatoms. The van der Waals surface area contributed by atoms with Crippen LogP contribution in [0, 0.1) is 6.92 Å². The molecule has 1 aliphatic rings. The molecule has 2 aromatic rings. The minimum Gasteiger partial charge on any atom is -0.462 e. The molecule has 0 amide bonds. The first-order valence-electron chi connectivity index (χ1n) is 6.79. The largest absolute Gasteiger partial charge is 0.462 e. The van der Waals surface area contributed by atoms with Crippen molar-refractivity contribution in [1.29, 1.82) is 0 Å². The summed E-state index contributed by atoms with van der Waals surface area (Å²) >= 11 is 0. The van der Waals surface area contributed by atoms with Crippen molar-refractivity contribution >= 4 is 5.69 Å². The van der Waals surface area contributed by atoms with E-state index in [0.717, 1.165) is 25.3 Å². The summed E-state index contributed by atoms with van der Waals surface area (Å²) in [5.41, 5.74) is 4.07. The zero-order valence-corrected chi connectivity index (χ0v) is 11.2. The Morgan fingerprint density at radius 2 is 2.05 bits per heavy atom. The van der Waals surface area contributed by atoms with Gasteiger partial charge in [-0.1, -0.05) is 17.7 Å². The van der Waals surface area contributed by atoms with Crippen LogP contribution in [0.1, 0.15) is 29.1 Å². The van der Waals surface area contributed by atoms with Crippen molar-refractivity contribution in [3.8, 4) is 0 Å². The molecule has 0 bridgehead atoms. The van der Waals surface area contributed by atoms with Crippen molar-refractivity contribution in [3.63, 3.8) is 0 Å². The van der Waals surface area contributed by atoms with Crippen LogP contribution in [-0.4, -0.2) is 11.7 Å². The van der Waals surface area contributed by atoms with Gasteiger partial charge >= 0.3 is 0 Å². The third-order valence-electron chi connectivity index (χ3n) is 3.67. The number of benzene rings is 1. The van der Waals surface area contributed by atoms with Gasteiger partial charge in [-0.05, 0) is 43.5 Å². The molecule has 0 spiro atoms. The molecule has 1 aromatic carbocycles. The summed E-state index contributed by atoms with van der Waals surface area (Å²) in [4.78, 5) is 2.36. The number of aliphatic hydroxyl groups is 1. The van der Waals surface area contributed by atoms with Gasteiger partial charge in [0.1, 0.15) is 18.1 Å². The van der Waals surface area contributed by atoms with Crippen LogP contribution in [0.3, 0.4) is 0 Å². The lowest BCUT2D eigenvalue weighted by Gasteiger charge is -2.30. The minimum absolute atomic E-state index is 0.0320. The van der Waals surface area contributed by atoms with Crippen LogP contribution in [0.15, 0.2) is 34.7 Å². The fraction of sp³-hybridized carbons (Fsp3) is 0.375. The summed E-state index contributed by atoms with van der Waals surface area (Å²) in [7, 11) is 0. The Labute approximate surface area is 113 Å². The third-order valence-corrected chi connectivity index (χ3v) is 3.67. The molecule has 0 radical (unpaired) electrons. The van der Waals surface area contributed by atoms with Crippen molar-refractivity contribution < 1.29 is 9.52 Å². The highest BCUT2D eigenvalue weighted by atomic mass is 16.4. The molecule has 0 fully saturated rings. The van der Waals surface area contributed by atoms with E-state index in [1.807, 2.05) is 12.1 Å². The highest BCUT2D eigenvalue weighted by molar-refractivity contribution is 5.56. The molecule has 0 aliphatic carbocycles. The zero-order valence-electron chi connectivity index (χ0n) is 11.2.